The number of alkyl halides is 2. The Balaban J connectivity index is 1.63. The molecule has 4 aromatic rings. The number of halogens is 3. The van der Waals surface area contributed by atoms with Gasteiger partial charge in [-0.1, -0.05) is 0 Å². The van der Waals surface area contributed by atoms with Gasteiger partial charge in [-0.25, -0.2) is 19.0 Å². The number of nitrogens with zero attached hydrogens (tertiary/aromatic N) is 5. The number of fused-ring (bicyclic) bond motifs is 1. The zero-order valence-corrected chi connectivity index (χ0v) is 17.6. The predicted octanol–water partition coefficient (Wildman–Crippen LogP) is 4.30. The lowest BCUT2D eigenvalue weighted by Gasteiger charge is -2.15. The Labute approximate surface area is 186 Å². The summed E-state index contributed by atoms with van der Waals surface area (Å²) < 4.78 is 40.4. The summed E-state index contributed by atoms with van der Waals surface area (Å²) >= 11 is 0. The van der Waals surface area contributed by atoms with E-state index >= 15 is 0 Å². The third-order valence-corrected chi connectivity index (χ3v) is 4.89. The van der Waals surface area contributed by atoms with Gasteiger partial charge in [0.25, 0.3) is 5.91 Å². The summed E-state index contributed by atoms with van der Waals surface area (Å²) in [5, 5.41) is 15.9. The van der Waals surface area contributed by atoms with Gasteiger partial charge < -0.3 is 10.3 Å². The molecular weight excluding hydrogens is 435 g/mol. The molecule has 0 radical (unpaired) electrons. The second-order valence-corrected chi connectivity index (χ2v) is 8.07. The summed E-state index contributed by atoms with van der Waals surface area (Å²) in [5.41, 5.74) is 1.23. The minimum atomic E-state index is -2.75. The van der Waals surface area contributed by atoms with Crippen LogP contribution in [0.15, 0.2) is 42.9 Å². The lowest BCUT2D eigenvalue weighted by molar-refractivity contribution is 0.0566. The summed E-state index contributed by atoms with van der Waals surface area (Å²) in [5.74, 6) is -1.26. The molecule has 0 bridgehead atoms. The SMILES string of the molecule is CC(C)(C#N)CNC(=O)c1cc(F)cc(-c2cnc3[nH]c(-c4cnn(C(F)F)c4)cc3c2)n1. The summed E-state index contributed by atoms with van der Waals surface area (Å²) in [4.78, 5) is 24.0. The Morgan fingerprint density at radius 2 is 2.03 bits per heavy atom. The van der Waals surface area contributed by atoms with Gasteiger partial charge in [0.1, 0.15) is 17.2 Å². The van der Waals surface area contributed by atoms with E-state index < -0.39 is 23.7 Å². The maximum absolute atomic E-state index is 14.3. The van der Waals surface area contributed by atoms with Gasteiger partial charge in [-0.15, -0.1) is 0 Å². The molecule has 1 amide bonds. The molecule has 0 fully saturated rings. The van der Waals surface area contributed by atoms with Crippen LogP contribution in [0.25, 0.3) is 33.5 Å². The predicted molar refractivity (Wildman–Crippen MR) is 113 cm³/mol. The van der Waals surface area contributed by atoms with Crippen molar-refractivity contribution in [1.82, 2.24) is 30.0 Å². The molecule has 4 aromatic heterocycles. The molecule has 0 aliphatic carbocycles. The van der Waals surface area contributed by atoms with Gasteiger partial charge in [0.2, 0.25) is 0 Å². The fourth-order valence-corrected chi connectivity index (χ4v) is 3.09. The van der Waals surface area contributed by atoms with E-state index in [4.69, 9.17) is 5.26 Å². The van der Waals surface area contributed by atoms with Gasteiger partial charge in [-0.05, 0) is 26.0 Å². The van der Waals surface area contributed by atoms with Crippen LogP contribution in [-0.4, -0.2) is 37.2 Å². The molecule has 11 heteroatoms. The zero-order chi connectivity index (χ0) is 23.8. The highest BCUT2D eigenvalue weighted by Gasteiger charge is 2.20. The average Bonchev–Trinajstić information content (AvgIpc) is 3.43. The number of H-pyrrole nitrogens is 1. The normalized spacial score (nSPS) is 11.7. The molecule has 4 heterocycles. The summed E-state index contributed by atoms with van der Waals surface area (Å²) in [7, 11) is 0. The highest BCUT2D eigenvalue weighted by Crippen LogP contribution is 2.27. The first-order valence-corrected chi connectivity index (χ1v) is 9.84. The molecule has 0 spiro atoms. The third kappa shape index (κ3) is 4.69. The van der Waals surface area contributed by atoms with Crippen molar-refractivity contribution < 1.29 is 18.0 Å². The molecule has 2 N–H and O–H groups in total. The van der Waals surface area contributed by atoms with Gasteiger partial charge in [-0.3, -0.25) is 4.79 Å². The molecule has 0 saturated heterocycles. The topological polar surface area (TPSA) is 112 Å². The highest BCUT2D eigenvalue weighted by atomic mass is 19.3. The van der Waals surface area contributed by atoms with Crippen molar-refractivity contribution in [1.29, 1.82) is 5.26 Å². The number of aromatic nitrogens is 5. The molecule has 0 saturated carbocycles. The third-order valence-electron chi connectivity index (χ3n) is 4.89. The number of aromatic amines is 1. The van der Waals surface area contributed by atoms with Crippen molar-refractivity contribution in [2.24, 2.45) is 5.41 Å². The molecule has 0 aromatic carbocycles. The van der Waals surface area contributed by atoms with Crippen LogP contribution in [0.3, 0.4) is 0 Å². The van der Waals surface area contributed by atoms with Gasteiger partial charge >= 0.3 is 6.55 Å². The van der Waals surface area contributed by atoms with Crippen molar-refractivity contribution in [2.75, 3.05) is 6.54 Å². The first-order valence-electron chi connectivity index (χ1n) is 9.84. The minimum absolute atomic E-state index is 0.0810. The van der Waals surface area contributed by atoms with Crippen LogP contribution in [0.5, 0.6) is 0 Å². The Hall–Kier alpha value is -4.20. The van der Waals surface area contributed by atoms with E-state index in [1.165, 1.54) is 24.7 Å². The molecule has 33 heavy (non-hydrogen) atoms. The van der Waals surface area contributed by atoms with E-state index in [2.05, 4.69) is 31.4 Å². The van der Waals surface area contributed by atoms with Crippen LogP contribution in [0.4, 0.5) is 13.2 Å². The number of pyridine rings is 2. The molecule has 0 aliphatic heterocycles. The number of nitriles is 1. The molecule has 8 nitrogen and oxygen atoms in total. The molecule has 0 aliphatic rings. The van der Waals surface area contributed by atoms with Crippen LogP contribution < -0.4 is 5.32 Å². The van der Waals surface area contributed by atoms with Crippen molar-refractivity contribution in [3.8, 4) is 28.6 Å². The van der Waals surface area contributed by atoms with Gasteiger partial charge in [0, 0.05) is 47.6 Å². The second kappa shape index (κ2) is 8.38. The second-order valence-electron chi connectivity index (χ2n) is 8.07. The van der Waals surface area contributed by atoms with Crippen molar-refractivity contribution in [3.05, 3.63) is 54.4 Å². The maximum Gasteiger partial charge on any atom is 0.333 e. The van der Waals surface area contributed by atoms with Crippen molar-refractivity contribution in [2.45, 2.75) is 20.4 Å². The number of rotatable bonds is 6. The van der Waals surface area contributed by atoms with Gasteiger partial charge in [-0.2, -0.15) is 19.1 Å². The Kier molecular flexibility index (Phi) is 5.59. The standard InChI is InChI=1S/C22H18F3N7O/c1-22(2,10-26)11-28-20(33)18-6-15(23)5-17(30-18)13-3-12-4-16(31-19(12)27-7-13)14-8-29-32(9-14)21(24)25/h3-9,21H,11H2,1-2H3,(H,27,31)(H,28,33). The average molecular weight is 453 g/mol. The van der Waals surface area contributed by atoms with Gasteiger partial charge in [0.15, 0.2) is 0 Å². The van der Waals surface area contributed by atoms with Crippen LogP contribution >= 0.6 is 0 Å². The van der Waals surface area contributed by atoms with E-state index in [1.54, 1.807) is 26.0 Å². The summed E-state index contributed by atoms with van der Waals surface area (Å²) in [6.45, 7) is 0.673. The Bertz CT molecular complexity index is 1380. The van der Waals surface area contributed by atoms with Crippen molar-refractivity contribution >= 4 is 16.9 Å². The van der Waals surface area contributed by atoms with E-state index in [-0.39, 0.29) is 17.9 Å². The quantitative estimate of drug-likeness (QED) is 0.452. The van der Waals surface area contributed by atoms with E-state index in [0.717, 1.165) is 6.07 Å². The fraction of sp³-hybridized carbons (Fsp3) is 0.227. The fourth-order valence-electron chi connectivity index (χ4n) is 3.09. The Morgan fingerprint density at radius 3 is 2.73 bits per heavy atom. The minimum Gasteiger partial charge on any atom is -0.349 e. The number of nitrogens with one attached hydrogen (secondary N) is 2. The Morgan fingerprint density at radius 1 is 1.24 bits per heavy atom. The summed E-state index contributed by atoms with van der Waals surface area (Å²) in [6, 6.07) is 7.66. The number of hydrogen-bond acceptors (Lipinski definition) is 5. The number of amides is 1. The van der Waals surface area contributed by atoms with Crippen molar-refractivity contribution in [3.63, 3.8) is 0 Å². The van der Waals surface area contributed by atoms with Crippen LogP contribution in [0.1, 0.15) is 30.9 Å². The number of carbonyl (C=O) groups excluding carboxylic acids is 1. The lowest BCUT2D eigenvalue weighted by atomic mass is 9.96. The van der Waals surface area contributed by atoms with Crippen LogP contribution in [0.2, 0.25) is 0 Å². The number of hydrogen-bond donors (Lipinski definition) is 2. The maximum atomic E-state index is 14.3. The van der Waals surface area contributed by atoms with E-state index in [1.807, 2.05) is 0 Å². The zero-order valence-electron chi connectivity index (χ0n) is 17.6. The molecule has 0 atom stereocenters. The summed E-state index contributed by atoms with van der Waals surface area (Å²) in [6.07, 6.45) is 3.99. The van der Waals surface area contributed by atoms with E-state index in [0.29, 0.717) is 32.5 Å². The highest BCUT2D eigenvalue weighted by molar-refractivity contribution is 5.93. The first kappa shape index (κ1) is 22.0. The van der Waals surface area contributed by atoms with Crippen LogP contribution in [-0.2, 0) is 0 Å². The first-order chi connectivity index (χ1) is 15.6. The smallest absolute Gasteiger partial charge is 0.333 e. The molecule has 168 valence electrons. The van der Waals surface area contributed by atoms with E-state index in [9.17, 15) is 18.0 Å². The molecular formula is C22H18F3N7O. The molecule has 4 rings (SSSR count). The van der Waals surface area contributed by atoms with Crippen LogP contribution in [0, 0.1) is 22.6 Å². The lowest BCUT2D eigenvalue weighted by Crippen LogP contribution is -2.33. The monoisotopic (exact) mass is 453 g/mol. The van der Waals surface area contributed by atoms with Gasteiger partial charge in [0.05, 0.1) is 29.1 Å². The number of carbonyl (C=O) groups is 1. The largest absolute Gasteiger partial charge is 0.349 e. The molecule has 0 unspecified atom stereocenters.